The summed E-state index contributed by atoms with van der Waals surface area (Å²) in [5.41, 5.74) is 2.20. The van der Waals surface area contributed by atoms with E-state index >= 15 is 0 Å². The van der Waals surface area contributed by atoms with Crippen LogP contribution in [-0.4, -0.2) is 28.9 Å². The van der Waals surface area contributed by atoms with E-state index in [1.165, 1.54) is 47.6 Å². The fourth-order valence-corrected chi connectivity index (χ4v) is 5.29. The Morgan fingerprint density at radius 1 is 1.06 bits per heavy atom. The zero-order valence-electron chi connectivity index (χ0n) is 19.4. The highest BCUT2D eigenvalue weighted by Gasteiger charge is 2.45. The Morgan fingerprint density at radius 3 is 2.47 bits per heavy atom. The number of amides is 1. The first-order valence-corrected chi connectivity index (χ1v) is 11.9. The fourth-order valence-electron chi connectivity index (χ4n) is 4.27. The van der Waals surface area contributed by atoms with Crippen LogP contribution >= 0.6 is 11.3 Å². The smallest absolute Gasteiger partial charge is 0.294 e. The van der Waals surface area contributed by atoms with Crippen LogP contribution in [0.4, 0.5) is 10.1 Å². The van der Waals surface area contributed by atoms with E-state index in [0.717, 1.165) is 5.56 Å². The van der Waals surface area contributed by atoms with E-state index in [1.807, 2.05) is 30.3 Å². The number of anilines is 1. The van der Waals surface area contributed by atoms with E-state index in [4.69, 9.17) is 4.74 Å². The van der Waals surface area contributed by atoms with Crippen LogP contribution in [0.15, 0.2) is 90.2 Å². The van der Waals surface area contributed by atoms with Gasteiger partial charge in [-0.15, -0.1) is 11.3 Å². The lowest BCUT2D eigenvalue weighted by Gasteiger charge is -2.27. The summed E-state index contributed by atoms with van der Waals surface area (Å²) in [6, 6.07) is 20.8. The Bertz CT molecular complexity index is 1500. The molecule has 0 fully saturated rings. The molecule has 1 aromatic heterocycles. The normalized spacial score (nSPS) is 15.5. The van der Waals surface area contributed by atoms with Gasteiger partial charge in [-0.1, -0.05) is 42.5 Å². The molecule has 3 aromatic carbocycles. The van der Waals surface area contributed by atoms with Crippen LogP contribution in [0.2, 0.25) is 0 Å². The minimum absolute atomic E-state index is 0.0658. The Balaban J connectivity index is 1.64. The summed E-state index contributed by atoms with van der Waals surface area (Å²) in [6.07, 6.45) is 0. The van der Waals surface area contributed by atoms with Gasteiger partial charge in [0, 0.05) is 11.3 Å². The average molecular weight is 501 g/mol. The maximum Gasteiger partial charge on any atom is 0.294 e. The number of thiazole rings is 1. The molecule has 0 saturated carbocycles. The van der Waals surface area contributed by atoms with E-state index < -0.39 is 29.3 Å². The standard InChI is InChI=1S/C28H21FN2O4S/c1-16-26(36-27(30-16)17-7-4-3-5-8-17)24(32)22-23(18-9-6-10-21(15-18)35-2)31(28(34)25(22)33)20-13-11-19(29)12-14-20/h3-15,23,33H,1-2H3. The van der Waals surface area contributed by atoms with Crippen molar-refractivity contribution in [2.75, 3.05) is 12.0 Å². The van der Waals surface area contributed by atoms with Crippen molar-refractivity contribution in [3.05, 3.63) is 112 Å². The lowest BCUT2D eigenvalue weighted by Crippen LogP contribution is -2.31. The van der Waals surface area contributed by atoms with Crippen LogP contribution in [0.25, 0.3) is 10.6 Å². The monoisotopic (exact) mass is 500 g/mol. The third-order valence-corrected chi connectivity index (χ3v) is 7.20. The van der Waals surface area contributed by atoms with Crippen molar-refractivity contribution in [1.82, 2.24) is 4.98 Å². The van der Waals surface area contributed by atoms with Crippen LogP contribution in [0.1, 0.15) is 27.0 Å². The van der Waals surface area contributed by atoms with Gasteiger partial charge in [-0.05, 0) is 48.9 Å². The number of hydrogen-bond acceptors (Lipinski definition) is 6. The van der Waals surface area contributed by atoms with Crippen LogP contribution in [0.5, 0.6) is 5.75 Å². The van der Waals surface area contributed by atoms with Crippen molar-refractivity contribution in [3.63, 3.8) is 0 Å². The zero-order chi connectivity index (χ0) is 25.4. The molecule has 0 spiro atoms. The molecular formula is C28H21FN2O4S. The van der Waals surface area contributed by atoms with Crippen LogP contribution in [0.3, 0.4) is 0 Å². The number of ether oxygens (including phenoxy) is 1. The van der Waals surface area contributed by atoms with Gasteiger partial charge in [0.15, 0.2) is 5.76 Å². The zero-order valence-corrected chi connectivity index (χ0v) is 20.3. The Labute approximate surface area is 210 Å². The van der Waals surface area contributed by atoms with Crippen LogP contribution in [0, 0.1) is 12.7 Å². The molecular weight excluding hydrogens is 479 g/mol. The van der Waals surface area contributed by atoms with E-state index in [2.05, 4.69) is 4.98 Å². The second-order valence-corrected chi connectivity index (χ2v) is 9.22. The maximum absolute atomic E-state index is 13.9. The van der Waals surface area contributed by atoms with E-state index in [-0.39, 0.29) is 5.57 Å². The van der Waals surface area contributed by atoms with Gasteiger partial charge in [0.1, 0.15) is 16.6 Å². The number of carbonyl (C=O) groups excluding carboxylic acids is 2. The number of methoxy groups -OCH3 is 1. The molecule has 6 nitrogen and oxygen atoms in total. The topological polar surface area (TPSA) is 79.7 Å². The molecule has 0 saturated heterocycles. The Kier molecular flexibility index (Phi) is 6.12. The molecule has 1 N–H and O–H groups in total. The van der Waals surface area contributed by atoms with Crippen LogP contribution < -0.4 is 9.64 Å². The number of hydrogen-bond donors (Lipinski definition) is 1. The first-order chi connectivity index (χ1) is 17.4. The highest BCUT2D eigenvalue weighted by Crippen LogP contribution is 2.43. The first-order valence-electron chi connectivity index (χ1n) is 11.1. The van der Waals surface area contributed by atoms with Gasteiger partial charge in [0.05, 0.1) is 29.3 Å². The number of benzene rings is 3. The molecule has 8 heteroatoms. The number of aryl methyl sites for hydroxylation is 1. The average Bonchev–Trinajstić information content (AvgIpc) is 3.42. The quantitative estimate of drug-likeness (QED) is 0.326. The molecule has 1 aliphatic heterocycles. The molecule has 1 aliphatic rings. The number of carbonyl (C=O) groups is 2. The van der Waals surface area contributed by atoms with Gasteiger partial charge >= 0.3 is 0 Å². The van der Waals surface area contributed by atoms with Crippen molar-refractivity contribution in [2.24, 2.45) is 0 Å². The van der Waals surface area contributed by atoms with Crippen molar-refractivity contribution in [3.8, 4) is 16.3 Å². The van der Waals surface area contributed by atoms with Crippen molar-refractivity contribution < 1.29 is 23.8 Å². The summed E-state index contributed by atoms with van der Waals surface area (Å²) in [5, 5.41) is 11.7. The van der Waals surface area contributed by atoms with Gasteiger partial charge in [-0.3, -0.25) is 14.5 Å². The fraction of sp³-hybridized carbons (Fsp3) is 0.107. The number of aromatic nitrogens is 1. The lowest BCUT2D eigenvalue weighted by molar-refractivity contribution is -0.117. The molecule has 36 heavy (non-hydrogen) atoms. The Morgan fingerprint density at radius 2 is 1.78 bits per heavy atom. The summed E-state index contributed by atoms with van der Waals surface area (Å²) in [4.78, 5) is 33.4. The Hall–Kier alpha value is -4.30. The molecule has 2 heterocycles. The number of Topliss-reactive ketones (excluding diaryl/α,β-unsaturated/α-hetero) is 1. The third-order valence-electron chi connectivity index (χ3n) is 5.99. The molecule has 1 unspecified atom stereocenters. The second-order valence-electron chi connectivity index (χ2n) is 8.22. The summed E-state index contributed by atoms with van der Waals surface area (Å²) in [6.45, 7) is 1.73. The summed E-state index contributed by atoms with van der Waals surface area (Å²) < 4.78 is 19.0. The molecule has 4 aromatic rings. The van der Waals surface area contributed by atoms with Gasteiger partial charge in [0.2, 0.25) is 5.78 Å². The third kappa shape index (κ3) is 4.05. The molecule has 1 amide bonds. The highest BCUT2D eigenvalue weighted by molar-refractivity contribution is 7.17. The predicted octanol–water partition coefficient (Wildman–Crippen LogP) is 6.05. The molecule has 0 radical (unpaired) electrons. The van der Waals surface area contributed by atoms with E-state index in [0.29, 0.717) is 32.6 Å². The van der Waals surface area contributed by atoms with Gasteiger partial charge in [0.25, 0.3) is 5.91 Å². The number of halogens is 1. The number of ketones is 1. The minimum atomic E-state index is -0.952. The largest absolute Gasteiger partial charge is 0.503 e. The van der Waals surface area contributed by atoms with Crippen LogP contribution in [-0.2, 0) is 4.79 Å². The molecule has 1 atom stereocenters. The summed E-state index contributed by atoms with van der Waals surface area (Å²) in [5.74, 6) is -1.83. The summed E-state index contributed by atoms with van der Waals surface area (Å²) in [7, 11) is 1.52. The molecule has 5 rings (SSSR count). The van der Waals surface area contributed by atoms with E-state index in [1.54, 1.807) is 31.2 Å². The van der Waals surface area contributed by atoms with Crippen molar-refractivity contribution in [1.29, 1.82) is 0 Å². The maximum atomic E-state index is 13.9. The van der Waals surface area contributed by atoms with Gasteiger partial charge in [-0.25, -0.2) is 9.37 Å². The first kappa shape index (κ1) is 23.4. The van der Waals surface area contributed by atoms with Gasteiger partial charge < -0.3 is 9.84 Å². The molecule has 180 valence electrons. The second kappa shape index (κ2) is 9.39. The SMILES string of the molecule is COc1cccc(C2C(C(=O)c3sc(-c4ccccc4)nc3C)=C(O)C(=O)N2c2ccc(F)cc2)c1. The summed E-state index contributed by atoms with van der Waals surface area (Å²) >= 11 is 1.20. The molecule has 0 aliphatic carbocycles. The van der Waals surface area contributed by atoms with Gasteiger partial charge in [-0.2, -0.15) is 0 Å². The highest BCUT2D eigenvalue weighted by atomic mass is 32.1. The van der Waals surface area contributed by atoms with Crippen molar-refractivity contribution >= 4 is 28.7 Å². The number of nitrogens with zero attached hydrogens (tertiary/aromatic N) is 2. The number of aliphatic hydroxyl groups excluding tert-OH is 1. The van der Waals surface area contributed by atoms with Crippen molar-refractivity contribution in [2.45, 2.75) is 13.0 Å². The predicted molar refractivity (Wildman–Crippen MR) is 136 cm³/mol. The molecule has 0 bridgehead atoms. The lowest BCUT2D eigenvalue weighted by atomic mass is 9.94. The number of aliphatic hydroxyl groups is 1. The number of rotatable bonds is 6. The van der Waals surface area contributed by atoms with E-state index in [9.17, 15) is 19.1 Å². The minimum Gasteiger partial charge on any atom is -0.503 e.